The van der Waals surface area contributed by atoms with Gasteiger partial charge in [0.2, 0.25) is 5.96 Å². The Kier molecular flexibility index (Phi) is 9.47. The molecule has 0 aliphatic carbocycles. The summed E-state index contributed by atoms with van der Waals surface area (Å²) in [6, 6.07) is 21.5. The van der Waals surface area contributed by atoms with Gasteiger partial charge in [0.15, 0.2) is 0 Å². The fourth-order valence-electron chi connectivity index (χ4n) is 4.71. The van der Waals surface area contributed by atoms with Crippen LogP contribution in [0.5, 0.6) is 0 Å². The van der Waals surface area contributed by atoms with Crippen molar-refractivity contribution >= 4 is 5.96 Å². The number of nitrogens with two attached hydrogens (primary N) is 2. The molecule has 0 radical (unpaired) electrons. The zero-order valence-electron chi connectivity index (χ0n) is 23.2. The van der Waals surface area contributed by atoms with Crippen molar-refractivity contribution < 1.29 is 35.1 Å². The molecule has 0 spiro atoms. The lowest BCUT2D eigenvalue weighted by Crippen LogP contribution is -2.39. The minimum Gasteiger partial charge on any atom is -0.368 e. The third kappa shape index (κ3) is 7.84. The van der Waals surface area contributed by atoms with Gasteiger partial charge in [-0.25, -0.2) is 19.7 Å². The Bertz CT molecular complexity index is 1580. The molecule has 0 aliphatic rings. The summed E-state index contributed by atoms with van der Waals surface area (Å²) in [6.07, 6.45) is -13.0. The number of hydrazone groups is 1. The molecule has 4 N–H and O–H groups in total. The van der Waals surface area contributed by atoms with Crippen LogP contribution in [0.4, 0.5) is 35.1 Å². The van der Waals surface area contributed by atoms with E-state index in [-0.39, 0.29) is 35.3 Å². The maximum atomic E-state index is 13.9. The predicted molar refractivity (Wildman–Crippen MR) is 152 cm³/mol. The van der Waals surface area contributed by atoms with Crippen LogP contribution in [0, 0.1) is 0 Å². The first-order valence-electron chi connectivity index (χ1n) is 13.0. The summed E-state index contributed by atoms with van der Waals surface area (Å²) >= 11 is 0. The molecule has 0 amide bonds. The highest BCUT2D eigenvalue weighted by Gasteiger charge is 2.37. The lowest BCUT2D eigenvalue weighted by Gasteiger charge is -2.27. The van der Waals surface area contributed by atoms with Crippen molar-refractivity contribution in [2.75, 3.05) is 7.05 Å². The molecule has 5 nitrogen and oxygen atoms in total. The van der Waals surface area contributed by atoms with Crippen LogP contribution in [0.2, 0.25) is 0 Å². The average Bonchev–Trinajstić information content (AvgIpc) is 2.96. The second-order valence-corrected chi connectivity index (χ2v) is 9.93. The number of hydrazine groups is 1. The molecule has 0 aromatic heterocycles. The number of nitrogens with zero attached hydrogens (tertiary/aromatic N) is 3. The first-order chi connectivity index (χ1) is 20.6. The highest BCUT2D eigenvalue weighted by molar-refractivity contribution is 5.85. The van der Waals surface area contributed by atoms with Gasteiger partial charge in [-0.3, -0.25) is 0 Å². The smallest absolute Gasteiger partial charge is 0.368 e. The summed E-state index contributed by atoms with van der Waals surface area (Å²) in [6.45, 7) is -0.908. The number of benzene rings is 4. The molecule has 0 saturated heterocycles. The lowest BCUT2D eigenvalue weighted by molar-refractivity contribution is -0.143. The van der Waals surface area contributed by atoms with Gasteiger partial charge in [0.1, 0.15) is 0 Å². The molecule has 0 bridgehead atoms. The van der Waals surface area contributed by atoms with Gasteiger partial charge >= 0.3 is 12.4 Å². The largest absolute Gasteiger partial charge is 0.416 e. The summed E-state index contributed by atoms with van der Waals surface area (Å²) in [4.78, 5) is 1.16. The monoisotopic (exact) mass is 621 g/mol. The minimum absolute atomic E-state index is 0.0175. The fraction of sp³-hybridized carbons (Fsp3) is 0.194. The van der Waals surface area contributed by atoms with Crippen LogP contribution < -0.4 is 11.6 Å². The molecule has 0 unspecified atom stereocenters. The molecular formula is C31H27F8N5. The standard InChI is InChI=1S/C31H27F8N5/c1-43(41)42-29(40)44(17-19-13-23(30(34,35)36)16-24(14-19)31(37,38)39)18-22-15-21(28(32)33)11-12-26(22)27-10-6-5-9-25(27)20-7-3-2-4-8-20/h2-16,28H,17-18,41H2,1H3,(H2,40,42). The third-order valence-electron chi connectivity index (χ3n) is 6.65. The van der Waals surface area contributed by atoms with E-state index in [4.69, 9.17) is 11.6 Å². The summed E-state index contributed by atoms with van der Waals surface area (Å²) in [5.41, 5.74) is 5.40. The van der Waals surface area contributed by atoms with Crippen LogP contribution in [-0.2, 0) is 25.4 Å². The zero-order chi connectivity index (χ0) is 32.2. The van der Waals surface area contributed by atoms with Gasteiger partial charge in [0.25, 0.3) is 6.43 Å². The number of hydrogen-bond donors (Lipinski definition) is 2. The van der Waals surface area contributed by atoms with Crippen molar-refractivity contribution in [3.8, 4) is 22.3 Å². The van der Waals surface area contributed by atoms with E-state index >= 15 is 0 Å². The summed E-state index contributed by atoms with van der Waals surface area (Å²) in [5.74, 6) is 5.22. The Balaban J connectivity index is 1.87. The quantitative estimate of drug-likeness (QED) is 0.0687. The number of alkyl halides is 8. The van der Waals surface area contributed by atoms with Gasteiger partial charge in [-0.1, -0.05) is 66.7 Å². The SMILES string of the molecule is CN(N)/N=C(\N)N(Cc1cc(C(F)(F)F)cc(C(F)(F)F)c1)Cc1cc(C(F)F)ccc1-c1ccccc1-c1ccccc1. The second kappa shape index (κ2) is 12.9. The molecule has 232 valence electrons. The first-order valence-corrected chi connectivity index (χ1v) is 13.0. The second-order valence-electron chi connectivity index (χ2n) is 9.93. The Labute approximate surface area is 248 Å². The molecular weight excluding hydrogens is 594 g/mol. The van der Waals surface area contributed by atoms with E-state index in [1.807, 2.05) is 36.4 Å². The number of rotatable bonds is 8. The lowest BCUT2D eigenvalue weighted by atomic mass is 9.90. The Morgan fingerprint density at radius 2 is 1.30 bits per heavy atom. The van der Waals surface area contributed by atoms with Crippen molar-refractivity contribution in [1.29, 1.82) is 0 Å². The highest BCUT2D eigenvalue weighted by atomic mass is 19.4. The average molecular weight is 622 g/mol. The minimum atomic E-state index is -5.07. The number of hydrogen-bond acceptors (Lipinski definition) is 3. The van der Waals surface area contributed by atoms with E-state index in [0.29, 0.717) is 23.3 Å². The van der Waals surface area contributed by atoms with Gasteiger partial charge < -0.3 is 10.6 Å². The Hall–Kier alpha value is -4.65. The third-order valence-corrected chi connectivity index (χ3v) is 6.65. The van der Waals surface area contributed by atoms with Crippen LogP contribution in [-0.4, -0.2) is 23.0 Å². The van der Waals surface area contributed by atoms with Crippen LogP contribution >= 0.6 is 0 Å². The molecule has 4 aromatic carbocycles. The van der Waals surface area contributed by atoms with E-state index in [0.717, 1.165) is 21.1 Å². The fourth-order valence-corrected chi connectivity index (χ4v) is 4.71. The predicted octanol–water partition coefficient (Wildman–Crippen LogP) is 8.03. The molecule has 0 aliphatic heterocycles. The number of guanidine groups is 1. The van der Waals surface area contributed by atoms with Gasteiger partial charge in [-0.05, 0) is 57.6 Å². The van der Waals surface area contributed by atoms with E-state index < -0.39 is 36.4 Å². The Morgan fingerprint density at radius 1 is 0.727 bits per heavy atom. The van der Waals surface area contributed by atoms with E-state index in [1.54, 1.807) is 18.2 Å². The van der Waals surface area contributed by atoms with Gasteiger partial charge in [-0.2, -0.15) is 26.3 Å². The molecule has 0 atom stereocenters. The van der Waals surface area contributed by atoms with Crippen molar-refractivity contribution in [1.82, 2.24) is 10.0 Å². The topological polar surface area (TPSA) is 70.9 Å². The van der Waals surface area contributed by atoms with Crippen molar-refractivity contribution in [3.63, 3.8) is 0 Å². The van der Waals surface area contributed by atoms with E-state index in [1.165, 1.54) is 25.2 Å². The summed E-state index contributed by atoms with van der Waals surface area (Å²) < 4.78 is 109. The molecule has 44 heavy (non-hydrogen) atoms. The molecule has 4 rings (SSSR count). The van der Waals surface area contributed by atoms with Crippen molar-refractivity contribution in [3.05, 3.63) is 119 Å². The zero-order valence-corrected chi connectivity index (χ0v) is 23.2. The maximum Gasteiger partial charge on any atom is 0.416 e. The normalized spacial score (nSPS) is 12.5. The highest BCUT2D eigenvalue weighted by Crippen LogP contribution is 2.38. The molecule has 0 heterocycles. The molecule has 4 aromatic rings. The van der Waals surface area contributed by atoms with E-state index in [9.17, 15) is 35.1 Å². The van der Waals surface area contributed by atoms with Crippen LogP contribution in [0.25, 0.3) is 22.3 Å². The Morgan fingerprint density at radius 3 is 1.84 bits per heavy atom. The molecule has 13 heteroatoms. The van der Waals surface area contributed by atoms with Crippen molar-refractivity contribution in [2.45, 2.75) is 31.9 Å². The molecule has 0 saturated carbocycles. The first kappa shape index (κ1) is 32.3. The van der Waals surface area contributed by atoms with E-state index in [2.05, 4.69) is 5.10 Å². The van der Waals surface area contributed by atoms with Crippen LogP contribution in [0.15, 0.2) is 96.1 Å². The maximum absolute atomic E-state index is 13.9. The van der Waals surface area contributed by atoms with Gasteiger partial charge in [0, 0.05) is 25.7 Å². The molecule has 0 fully saturated rings. The van der Waals surface area contributed by atoms with Gasteiger partial charge in [-0.15, -0.1) is 5.10 Å². The number of halogens is 8. The van der Waals surface area contributed by atoms with Crippen LogP contribution in [0.3, 0.4) is 0 Å². The van der Waals surface area contributed by atoms with Crippen molar-refractivity contribution in [2.24, 2.45) is 16.7 Å². The van der Waals surface area contributed by atoms with Crippen LogP contribution in [0.1, 0.15) is 34.2 Å². The summed E-state index contributed by atoms with van der Waals surface area (Å²) in [7, 11) is 1.30. The van der Waals surface area contributed by atoms with Gasteiger partial charge in [0.05, 0.1) is 11.1 Å². The summed E-state index contributed by atoms with van der Waals surface area (Å²) in [5, 5.41) is 4.68.